The second kappa shape index (κ2) is 3.00. The minimum atomic E-state index is -1.44. The van der Waals surface area contributed by atoms with Crippen LogP contribution in [0, 0.1) is 11.6 Å². The highest BCUT2D eigenvalue weighted by atomic mass is 19.1. The van der Waals surface area contributed by atoms with E-state index in [2.05, 4.69) is 0 Å². The summed E-state index contributed by atoms with van der Waals surface area (Å²) in [6.07, 6.45) is 0.142. The maximum Gasteiger partial charge on any atom is 0.324 e. The minimum absolute atomic E-state index is 0.0416. The lowest BCUT2D eigenvalue weighted by Crippen LogP contribution is -2.34. The summed E-state index contributed by atoms with van der Waals surface area (Å²) in [6.45, 7) is 0. The van der Waals surface area contributed by atoms with Gasteiger partial charge in [-0.1, -0.05) is 0 Å². The molecule has 0 radical (unpaired) electrons. The SMILES string of the molecule is N[C@@]1(C(=O)O)C[C@H]1c1cc(F)ccc1F. The number of rotatable bonds is 2. The molecule has 1 fully saturated rings. The van der Waals surface area contributed by atoms with Gasteiger partial charge in [0.1, 0.15) is 17.2 Å². The molecule has 1 aliphatic carbocycles. The summed E-state index contributed by atoms with van der Waals surface area (Å²) in [7, 11) is 0. The first-order valence-corrected chi connectivity index (χ1v) is 4.42. The van der Waals surface area contributed by atoms with Crippen LogP contribution in [0.2, 0.25) is 0 Å². The summed E-state index contributed by atoms with van der Waals surface area (Å²) in [6, 6.07) is 2.96. The highest BCUT2D eigenvalue weighted by Gasteiger charge is 2.59. The first-order chi connectivity index (χ1) is 6.95. The van der Waals surface area contributed by atoms with Crippen LogP contribution in [0.15, 0.2) is 18.2 Å². The first kappa shape index (κ1) is 10.0. The fourth-order valence-corrected chi connectivity index (χ4v) is 1.68. The Morgan fingerprint density at radius 2 is 2.20 bits per heavy atom. The third-order valence-electron chi connectivity index (χ3n) is 2.74. The number of hydrogen-bond acceptors (Lipinski definition) is 2. The van der Waals surface area contributed by atoms with Crippen LogP contribution in [0.1, 0.15) is 17.9 Å². The molecule has 1 saturated carbocycles. The molecule has 5 heteroatoms. The van der Waals surface area contributed by atoms with Crippen LogP contribution in [-0.4, -0.2) is 16.6 Å². The Bertz CT molecular complexity index is 435. The first-order valence-electron chi connectivity index (χ1n) is 4.42. The van der Waals surface area contributed by atoms with Gasteiger partial charge in [0.2, 0.25) is 0 Å². The van der Waals surface area contributed by atoms with Gasteiger partial charge in [-0.2, -0.15) is 0 Å². The molecule has 0 heterocycles. The molecule has 80 valence electrons. The number of nitrogens with two attached hydrogens (primary N) is 1. The second-order valence-electron chi connectivity index (χ2n) is 3.77. The van der Waals surface area contributed by atoms with Crippen LogP contribution < -0.4 is 5.73 Å². The lowest BCUT2D eigenvalue weighted by molar-refractivity contribution is -0.139. The van der Waals surface area contributed by atoms with Crippen molar-refractivity contribution in [1.82, 2.24) is 0 Å². The highest BCUT2D eigenvalue weighted by molar-refractivity contribution is 5.84. The number of hydrogen-bond donors (Lipinski definition) is 2. The smallest absolute Gasteiger partial charge is 0.324 e. The molecule has 0 spiro atoms. The Hall–Kier alpha value is -1.49. The van der Waals surface area contributed by atoms with Gasteiger partial charge < -0.3 is 10.8 Å². The van der Waals surface area contributed by atoms with Crippen LogP contribution in [-0.2, 0) is 4.79 Å². The average Bonchev–Trinajstić information content (AvgIpc) is 2.84. The monoisotopic (exact) mass is 213 g/mol. The van der Waals surface area contributed by atoms with Crippen molar-refractivity contribution in [3.63, 3.8) is 0 Å². The molecule has 0 amide bonds. The van der Waals surface area contributed by atoms with E-state index in [0.29, 0.717) is 0 Å². The van der Waals surface area contributed by atoms with Gasteiger partial charge in [0.05, 0.1) is 0 Å². The molecule has 15 heavy (non-hydrogen) atoms. The predicted molar refractivity (Wildman–Crippen MR) is 48.3 cm³/mol. The Morgan fingerprint density at radius 3 is 2.73 bits per heavy atom. The van der Waals surface area contributed by atoms with E-state index < -0.39 is 29.1 Å². The van der Waals surface area contributed by atoms with Gasteiger partial charge in [0, 0.05) is 5.92 Å². The summed E-state index contributed by atoms with van der Waals surface area (Å²) in [5, 5.41) is 8.76. The highest BCUT2D eigenvalue weighted by Crippen LogP contribution is 2.50. The van der Waals surface area contributed by atoms with Crippen LogP contribution >= 0.6 is 0 Å². The van der Waals surface area contributed by atoms with Gasteiger partial charge in [0.15, 0.2) is 0 Å². The molecule has 0 unspecified atom stereocenters. The largest absolute Gasteiger partial charge is 0.480 e. The van der Waals surface area contributed by atoms with E-state index in [1.54, 1.807) is 0 Å². The van der Waals surface area contributed by atoms with Crippen molar-refractivity contribution in [3.05, 3.63) is 35.4 Å². The zero-order valence-corrected chi connectivity index (χ0v) is 7.71. The number of carboxylic acid groups (broad SMARTS) is 1. The molecule has 3 nitrogen and oxygen atoms in total. The molecule has 1 aromatic rings. The van der Waals surface area contributed by atoms with Crippen LogP contribution in [0.3, 0.4) is 0 Å². The van der Waals surface area contributed by atoms with Gasteiger partial charge in [0.25, 0.3) is 0 Å². The number of aliphatic carboxylic acids is 1. The fraction of sp³-hybridized carbons (Fsp3) is 0.300. The number of carboxylic acids is 1. The number of benzene rings is 1. The predicted octanol–water partition coefficient (Wildman–Crippen LogP) is 1.23. The maximum atomic E-state index is 13.3. The third-order valence-corrected chi connectivity index (χ3v) is 2.74. The van der Waals surface area contributed by atoms with Gasteiger partial charge in [-0.3, -0.25) is 4.79 Å². The third kappa shape index (κ3) is 1.48. The Balaban J connectivity index is 2.34. The summed E-state index contributed by atoms with van der Waals surface area (Å²) < 4.78 is 26.1. The van der Waals surface area contributed by atoms with E-state index in [-0.39, 0.29) is 12.0 Å². The molecule has 2 rings (SSSR count). The van der Waals surface area contributed by atoms with Crippen molar-refractivity contribution < 1.29 is 18.7 Å². The minimum Gasteiger partial charge on any atom is -0.480 e. The summed E-state index contributed by atoms with van der Waals surface area (Å²) in [5.41, 5.74) is 4.10. The van der Waals surface area contributed by atoms with Crippen LogP contribution in [0.4, 0.5) is 8.78 Å². The standard InChI is InChI=1S/C10H9F2NO2/c11-5-1-2-8(12)6(3-5)7-4-10(7,13)9(14)15/h1-3,7H,4,13H2,(H,14,15)/t7-,10-/m0/s1. The van der Waals surface area contributed by atoms with Crippen LogP contribution in [0.5, 0.6) is 0 Å². The lowest BCUT2D eigenvalue weighted by Gasteiger charge is -2.06. The van der Waals surface area contributed by atoms with Gasteiger partial charge in [-0.15, -0.1) is 0 Å². The molecular formula is C10H9F2NO2. The molecule has 2 atom stereocenters. The lowest BCUT2D eigenvalue weighted by atomic mass is 10.1. The fourth-order valence-electron chi connectivity index (χ4n) is 1.68. The Morgan fingerprint density at radius 1 is 1.53 bits per heavy atom. The molecule has 3 N–H and O–H groups in total. The summed E-state index contributed by atoms with van der Waals surface area (Å²) in [5.74, 6) is -3.03. The van der Waals surface area contributed by atoms with E-state index in [1.165, 1.54) is 0 Å². The second-order valence-corrected chi connectivity index (χ2v) is 3.77. The Kier molecular flexibility index (Phi) is 2.01. The molecule has 1 aromatic carbocycles. The molecule has 1 aliphatic rings. The van der Waals surface area contributed by atoms with Gasteiger partial charge in [-0.05, 0) is 30.2 Å². The quantitative estimate of drug-likeness (QED) is 0.776. The van der Waals surface area contributed by atoms with Crippen molar-refractivity contribution in [2.24, 2.45) is 5.73 Å². The summed E-state index contributed by atoms with van der Waals surface area (Å²) >= 11 is 0. The van der Waals surface area contributed by atoms with Gasteiger partial charge >= 0.3 is 5.97 Å². The number of halogens is 2. The molecule has 0 saturated heterocycles. The number of carbonyl (C=O) groups is 1. The average molecular weight is 213 g/mol. The van der Waals surface area contributed by atoms with E-state index >= 15 is 0 Å². The molecule has 0 aromatic heterocycles. The zero-order valence-electron chi connectivity index (χ0n) is 7.71. The van der Waals surface area contributed by atoms with Crippen molar-refractivity contribution in [2.45, 2.75) is 17.9 Å². The van der Waals surface area contributed by atoms with E-state index in [1.807, 2.05) is 0 Å². The molecular weight excluding hydrogens is 204 g/mol. The maximum absolute atomic E-state index is 13.3. The van der Waals surface area contributed by atoms with Crippen molar-refractivity contribution in [3.8, 4) is 0 Å². The summed E-state index contributed by atoms with van der Waals surface area (Å²) in [4.78, 5) is 10.7. The zero-order chi connectivity index (χ0) is 11.2. The molecule has 0 aliphatic heterocycles. The van der Waals surface area contributed by atoms with E-state index in [4.69, 9.17) is 10.8 Å². The van der Waals surface area contributed by atoms with Gasteiger partial charge in [-0.25, -0.2) is 8.78 Å². The van der Waals surface area contributed by atoms with Crippen molar-refractivity contribution >= 4 is 5.97 Å². The van der Waals surface area contributed by atoms with Crippen LogP contribution in [0.25, 0.3) is 0 Å². The van der Waals surface area contributed by atoms with E-state index in [0.717, 1.165) is 18.2 Å². The van der Waals surface area contributed by atoms with E-state index in [9.17, 15) is 13.6 Å². The normalized spacial score (nSPS) is 28.9. The molecule has 0 bridgehead atoms. The van der Waals surface area contributed by atoms with Crippen molar-refractivity contribution in [2.75, 3.05) is 0 Å². The Labute approximate surface area is 84.5 Å². The topological polar surface area (TPSA) is 63.3 Å². The van der Waals surface area contributed by atoms with Crippen molar-refractivity contribution in [1.29, 1.82) is 0 Å².